The monoisotopic (exact) mass is 891 g/mol. The number of nitro groups is 1. The van der Waals surface area contributed by atoms with Crippen LogP contribution in [0.25, 0.3) is 0 Å². The van der Waals surface area contributed by atoms with Crippen LogP contribution >= 0.6 is 0 Å². The molecule has 6 aliphatic rings. The highest BCUT2D eigenvalue weighted by atomic mass is 16.6. The van der Waals surface area contributed by atoms with Gasteiger partial charge in [0.2, 0.25) is 17.7 Å². The maximum absolute atomic E-state index is 12.6. The van der Waals surface area contributed by atoms with Crippen molar-refractivity contribution in [1.29, 1.82) is 0 Å². The molecule has 6 heterocycles. The largest absolute Gasteiger partial charge is 0.398 e. The smallest absolute Gasteiger partial charge is 0.282 e. The zero-order valence-electron chi connectivity index (χ0n) is 34.6. The molecule has 3 aromatic rings. The van der Waals surface area contributed by atoms with Gasteiger partial charge in [0.1, 0.15) is 22.2 Å². The highest BCUT2D eigenvalue weighted by molar-refractivity contribution is 6.28. The van der Waals surface area contributed by atoms with Crippen molar-refractivity contribution >= 4 is 87.9 Å². The third-order valence-electron chi connectivity index (χ3n) is 12.2. The molecule has 3 fully saturated rings. The van der Waals surface area contributed by atoms with Gasteiger partial charge in [-0.15, -0.1) is 0 Å². The number of amides is 12. The number of hydrogen-bond donors (Lipinski definition) is 5. The van der Waals surface area contributed by atoms with E-state index in [9.17, 15) is 67.6 Å². The Labute approximate surface area is 365 Å². The average Bonchev–Trinajstić information content (AvgIpc) is 3.79. The van der Waals surface area contributed by atoms with Crippen LogP contribution in [0.15, 0.2) is 54.6 Å². The van der Waals surface area contributed by atoms with Crippen LogP contribution in [0.2, 0.25) is 0 Å². The maximum atomic E-state index is 12.6. The van der Waals surface area contributed by atoms with Gasteiger partial charge in [-0.2, -0.15) is 0 Å². The lowest BCUT2D eigenvalue weighted by Crippen LogP contribution is -2.62. The summed E-state index contributed by atoms with van der Waals surface area (Å²) < 4.78 is 0. The van der Waals surface area contributed by atoms with Gasteiger partial charge in [0.15, 0.2) is 0 Å². The van der Waals surface area contributed by atoms with E-state index in [1.807, 2.05) is 0 Å². The van der Waals surface area contributed by atoms with Crippen molar-refractivity contribution < 1.29 is 62.5 Å². The van der Waals surface area contributed by atoms with Crippen molar-refractivity contribution in [2.75, 3.05) is 11.5 Å². The molecule has 23 heteroatoms. The Hall–Kier alpha value is -8.50. The predicted molar refractivity (Wildman–Crippen MR) is 219 cm³/mol. The van der Waals surface area contributed by atoms with Crippen molar-refractivity contribution in [3.8, 4) is 0 Å². The Bertz CT molecular complexity index is 2700. The van der Waals surface area contributed by atoms with Crippen LogP contribution in [0.5, 0.6) is 0 Å². The van der Waals surface area contributed by atoms with E-state index >= 15 is 0 Å². The number of carbonyl (C=O) groups is 12. The first-order chi connectivity index (χ1) is 30.5. The highest BCUT2D eigenvalue weighted by Crippen LogP contribution is 2.39. The molecular formula is C42H37N9O14. The van der Waals surface area contributed by atoms with Gasteiger partial charge in [-0.1, -0.05) is 18.2 Å². The van der Waals surface area contributed by atoms with Gasteiger partial charge in [-0.3, -0.25) is 98.3 Å². The number of rotatable bonds is 4. The first kappa shape index (κ1) is 44.6. The minimum Gasteiger partial charge on any atom is -0.398 e. The molecule has 0 saturated carbocycles. The minimum atomic E-state index is -1.56. The Morgan fingerprint density at radius 2 is 0.769 bits per heavy atom. The quantitative estimate of drug-likeness (QED) is 0.103. The molecule has 0 spiro atoms. The fourth-order valence-corrected chi connectivity index (χ4v) is 8.41. The first-order valence-corrected chi connectivity index (χ1v) is 19.7. The van der Waals surface area contributed by atoms with E-state index in [0.29, 0.717) is 4.90 Å². The molecule has 0 bridgehead atoms. The van der Waals surface area contributed by atoms with Crippen LogP contribution in [0.4, 0.5) is 17.1 Å². The molecule has 65 heavy (non-hydrogen) atoms. The van der Waals surface area contributed by atoms with Gasteiger partial charge in [-0.05, 0) is 70.4 Å². The Kier molecular flexibility index (Phi) is 10.8. The van der Waals surface area contributed by atoms with Gasteiger partial charge in [0, 0.05) is 36.7 Å². The molecule has 0 radical (unpaired) electrons. The van der Waals surface area contributed by atoms with Crippen molar-refractivity contribution in [3.05, 3.63) is 98.1 Å². The molecule has 0 unspecified atom stereocenters. The number of nitrogens with two attached hydrogens (primary N) is 2. The van der Waals surface area contributed by atoms with Gasteiger partial charge < -0.3 is 11.5 Å². The van der Waals surface area contributed by atoms with E-state index in [0.717, 1.165) is 15.9 Å². The van der Waals surface area contributed by atoms with E-state index in [-0.39, 0.29) is 83.3 Å². The predicted octanol–water partition coefficient (Wildman–Crippen LogP) is 0.506. The number of imide groups is 6. The average molecular weight is 892 g/mol. The molecule has 3 saturated heterocycles. The van der Waals surface area contributed by atoms with E-state index in [1.165, 1.54) is 57.2 Å². The number of piperidine rings is 3. The van der Waals surface area contributed by atoms with Crippen molar-refractivity contribution in [1.82, 2.24) is 30.7 Å². The molecule has 6 aliphatic heterocycles. The van der Waals surface area contributed by atoms with Crippen LogP contribution < -0.4 is 27.4 Å². The Morgan fingerprint density at radius 1 is 0.477 bits per heavy atom. The van der Waals surface area contributed by atoms with E-state index in [2.05, 4.69) is 16.0 Å². The molecule has 12 amide bonds. The number of nitrogens with one attached hydrogen (secondary N) is 3. The Balaban J connectivity index is 0.000000146. The van der Waals surface area contributed by atoms with Crippen molar-refractivity contribution in [2.45, 2.75) is 75.9 Å². The van der Waals surface area contributed by atoms with E-state index in [4.69, 9.17) is 11.5 Å². The summed E-state index contributed by atoms with van der Waals surface area (Å²) in [6, 6.07) is 12.9. The molecular weight excluding hydrogens is 855 g/mol. The zero-order valence-corrected chi connectivity index (χ0v) is 34.6. The van der Waals surface area contributed by atoms with Crippen LogP contribution in [0, 0.1) is 10.1 Å². The summed E-state index contributed by atoms with van der Waals surface area (Å²) in [7, 11) is 0. The van der Waals surface area contributed by atoms with Crippen molar-refractivity contribution in [3.63, 3.8) is 0 Å². The van der Waals surface area contributed by atoms with Gasteiger partial charge in [0.25, 0.3) is 58.9 Å². The lowest BCUT2D eigenvalue weighted by atomic mass is 9.89. The Morgan fingerprint density at radius 3 is 1.06 bits per heavy atom. The topological polar surface area (TPSA) is 346 Å². The maximum Gasteiger partial charge on any atom is 0.282 e. The molecule has 0 aliphatic carbocycles. The second-order valence-corrected chi connectivity index (χ2v) is 16.3. The number of hydrogen-bond acceptors (Lipinski definition) is 16. The summed E-state index contributed by atoms with van der Waals surface area (Å²) in [5, 5.41) is 17.5. The number of carbonyl (C=O) groups excluding carboxylic acids is 12. The second kappa shape index (κ2) is 15.7. The van der Waals surface area contributed by atoms with Gasteiger partial charge in [-0.25, -0.2) is 0 Å². The third-order valence-corrected chi connectivity index (χ3v) is 12.2. The van der Waals surface area contributed by atoms with E-state index < -0.39 is 98.1 Å². The van der Waals surface area contributed by atoms with Gasteiger partial charge in [0.05, 0.1) is 32.7 Å². The number of nitro benzene ring substituents is 1. The minimum absolute atomic E-state index is 0.0300. The molecule has 3 atom stereocenters. The lowest BCUT2D eigenvalue weighted by Gasteiger charge is -2.38. The molecule has 9 rings (SSSR count). The summed E-state index contributed by atoms with van der Waals surface area (Å²) >= 11 is 0. The van der Waals surface area contributed by atoms with Crippen LogP contribution in [-0.4, -0.2) is 107 Å². The highest BCUT2D eigenvalue weighted by Gasteiger charge is 2.56. The van der Waals surface area contributed by atoms with E-state index in [1.54, 1.807) is 12.1 Å². The number of nitrogen functional groups attached to an aromatic ring is 2. The SMILES string of the molecule is C[C@@]1(N2C(=O)c3cccc(N)c3C2=O)CCC(=O)NC1=O.C[C@@]1(N2C(=O)c3cccc(N)c3C2=O)CCC(=O)NC1=O.C[C@@]1(N2C(=O)c3cccc([N+](=O)[O-])c3C2=O)CCC(=O)NC1=O. The molecule has 0 aromatic heterocycles. The number of fused-ring (bicyclic) bond motifs is 3. The number of anilines is 2. The van der Waals surface area contributed by atoms with Crippen molar-refractivity contribution in [2.24, 2.45) is 0 Å². The summed E-state index contributed by atoms with van der Waals surface area (Å²) in [4.78, 5) is 158. The fraction of sp³-hybridized carbons (Fsp3) is 0.286. The van der Waals surface area contributed by atoms with Crippen LogP contribution in [-0.2, 0) is 28.8 Å². The molecule has 3 aromatic carbocycles. The zero-order chi connectivity index (χ0) is 47.7. The van der Waals surface area contributed by atoms with Gasteiger partial charge >= 0.3 is 0 Å². The third kappa shape index (κ3) is 6.92. The fourth-order valence-electron chi connectivity index (χ4n) is 8.41. The first-order valence-electron chi connectivity index (χ1n) is 19.7. The molecule has 334 valence electrons. The second-order valence-electron chi connectivity index (χ2n) is 16.3. The summed E-state index contributed by atoms with van der Waals surface area (Å²) in [6.45, 7) is 4.32. The summed E-state index contributed by atoms with van der Waals surface area (Å²) in [5.41, 5.74) is 7.28. The lowest BCUT2D eigenvalue weighted by molar-refractivity contribution is -0.385. The number of nitrogens with zero attached hydrogens (tertiary/aromatic N) is 4. The molecule has 7 N–H and O–H groups in total. The van der Waals surface area contributed by atoms with Crippen LogP contribution in [0.3, 0.4) is 0 Å². The number of benzene rings is 3. The summed E-state index contributed by atoms with van der Waals surface area (Å²) in [6.07, 6.45) is 0.289. The molecule has 23 nitrogen and oxygen atoms in total. The van der Waals surface area contributed by atoms with Crippen LogP contribution in [0.1, 0.15) is 121 Å². The standard InChI is InChI=1S/C14H11N3O6.2C14H13N3O4/c1-14(6-5-9(18)15-13(14)21)16-11(19)7-3-2-4-8(17(22)23)10(7)12(16)20;2*1-14(6-5-9(18)16-13(14)21)17-11(19)7-3-2-4-8(15)10(7)12(17)20/h2-4H,5-6H2,1H3,(H,15,18,21);2*2-4H,5-6,15H2,1H3,(H,16,18,21)/t3*14-/m111/s1. The normalized spacial score (nSPS) is 24.6. The summed E-state index contributed by atoms with van der Waals surface area (Å²) in [5.74, 6) is -7.37.